The monoisotopic (exact) mass is 475 g/mol. The molecule has 1 fully saturated rings. The lowest BCUT2D eigenvalue weighted by atomic mass is 10.1. The summed E-state index contributed by atoms with van der Waals surface area (Å²) in [4.78, 5) is 4.30. The Labute approximate surface area is 175 Å². The lowest BCUT2D eigenvalue weighted by Crippen LogP contribution is -2.42. The zero-order valence-corrected chi connectivity index (χ0v) is 18.4. The fraction of sp³-hybridized carbons (Fsp3) is 0.650. The van der Waals surface area contributed by atoms with E-state index in [9.17, 15) is 0 Å². The molecule has 1 heterocycles. The third kappa shape index (κ3) is 9.73. The van der Waals surface area contributed by atoms with Crippen molar-refractivity contribution in [3.05, 3.63) is 35.9 Å². The number of hydrogen-bond donors (Lipinski definition) is 2. The summed E-state index contributed by atoms with van der Waals surface area (Å²) in [6, 6.07) is 11.0. The van der Waals surface area contributed by atoms with Crippen molar-refractivity contribution in [1.82, 2.24) is 10.6 Å². The molecule has 1 aliphatic heterocycles. The van der Waals surface area contributed by atoms with Gasteiger partial charge < -0.3 is 20.1 Å². The van der Waals surface area contributed by atoms with E-state index in [1.165, 1.54) is 5.56 Å². The molecule has 2 N–H and O–H groups in total. The first-order valence-electron chi connectivity index (χ1n) is 9.44. The number of nitrogens with zero attached hydrogens (tertiary/aromatic N) is 1. The van der Waals surface area contributed by atoms with Gasteiger partial charge in [-0.2, -0.15) is 0 Å². The van der Waals surface area contributed by atoms with Crippen molar-refractivity contribution in [2.24, 2.45) is 10.9 Å². The predicted octanol–water partition coefficient (Wildman–Crippen LogP) is 3.23. The Balaban J connectivity index is 0.00000338. The van der Waals surface area contributed by atoms with E-state index in [2.05, 4.69) is 52.9 Å². The van der Waals surface area contributed by atoms with Crippen LogP contribution in [0, 0.1) is 5.92 Å². The van der Waals surface area contributed by atoms with Crippen molar-refractivity contribution < 1.29 is 9.47 Å². The van der Waals surface area contributed by atoms with Crippen LogP contribution in [-0.2, 0) is 15.9 Å². The van der Waals surface area contributed by atoms with E-state index in [0.717, 1.165) is 64.6 Å². The van der Waals surface area contributed by atoms with Crippen molar-refractivity contribution >= 4 is 29.9 Å². The predicted molar refractivity (Wildman–Crippen MR) is 118 cm³/mol. The first-order valence-corrected chi connectivity index (χ1v) is 9.44. The second-order valence-corrected chi connectivity index (χ2v) is 6.73. The standard InChI is InChI=1S/C20H33N3O2.HI/c1-17(9-10-18-7-4-3-5-8-18)23-20(21-2)22-12-6-13-24-15-19-11-14-25-16-19;/h3-5,7-8,17,19H,6,9-16H2,1-2H3,(H2,21,22,23);1H. The van der Waals surface area contributed by atoms with Crippen LogP contribution in [0.4, 0.5) is 0 Å². The highest BCUT2D eigenvalue weighted by Crippen LogP contribution is 2.12. The fourth-order valence-corrected chi connectivity index (χ4v) is 2.87. The van der Waals surface area contributed by atoms with Gasteiger partial charge in [0.05, 0.1) is 13.2 Å². The third-order valence-electron chi connectivity index (χ3n) is 4.45. The van der Waals surface area contributed by atoms with Gasteiger partial charge in [-0.1, -0.05) is 30.3 Å². The molecule has 1 aliphatic rings. The largest absolute Gasteiger partial charge is 0.381 e. The SMILES string of the molecule is CN=C(NCCCOCC1CCOC1)NC(C)CCc1ccccc1.I. The highest BCUT2D eigenvalue weighted by Gasteiger charge is 2.15. The molecule has 2 rings (SSSR count). The van der Waals surface area contributed by atoms with E-state index in [-0.39, 0.29) is 24.0 Å². The summed E-state index contributed by atoms with van der Waals surface area (Å²) >= 11 is 0. The van der Waals surface area contributed by atoms with Crippen molar-refractivity contribution in [3.63, 3.8) is 0 Å². The molecule has 0 saturated carbocycles. The number of nitrogens with one attached hydrogen (secondary N) is 2. The Hall–Kier alpha value is -0.860. The highest BCUT2D eigenvalue weighted by atomic mass is 127. The molecule has 0 amide bonds. The highest BCUT2D eigenvalue weighted by molar-refractivity contribution is 14.0. The zero-order chi connectivity index (χ0) is 17.7. The number of guanidine groups is 1. The van der Waals surface area contributed by atoms with Crippen LogP contribution in [0.3, 0.4) is 0 Å². The summed E-state index contributed by atoms with van der Waals surface area (Å²) in [5.74, 6) is 1.46. The maximum Gasteiger partial charge on any atom is 0.191 e. The molecule has 1 saturated heterocycles. The van der Waals surface area contributed by atoms with Crippen molar-refractivity contribution in [2.45, 2.75) is 38.6 Å². The van der Waals surface area contributed by atoms with Gasteiger partial charge >= 0.3 is 0 Å². The second kappa shape index (κ2) is 14.2. The van der Waals surface area contributed by atoms with E-state index in [4.69, 9.17) is 9.47 Å². The molecule has 26 heavy (non-hydrogen) atoms. The van der Waals surface area contributed by atoms with Gasteiger partial charge in [-0.15, -0.1) is 24.0 Å². The van der Waals surface area contributed by atoms with Crippen LogP contribution in [0.2, 0.25) is 0 Å². The van der Waals surface area contributed by atoms with Crippen molar-refractivity contribution in [1.29, 1.82) is 0 Å². The molecule has 0 aromatic heterocycles. The molecule has 1 aromatic rings. The molecule has 148 valence electrons. The van der Waals surface area contributed by atoms with Crippen molar-refractivity contribution in [2.75, 3.05) is 40.0 Å². The lowest BCUT2D eigenvalue weighted by Gasteiger charge is -2.18. The smallest absolute Gasteiger partial charge is 0.191 e. The van der Waals surface area contributed by atoms with Gasteiger partial charge in [-0.3, -0.25) is 4.99 Å². The maximum absolute atomic E-state index is 5.72. The third-order valence-corrected chi connectivity index (χ3v) is 4.45. The molecule has 0 aliphatic carbocycles. The van der Waals surface area contributed by atoms with Gasteiger partial charge in [0.2, 0.25) is 0 Å². The number of rotatable bonds is 10. The Morgan fingerprint density at radius 2 is 2.15 bits per heavy atom. The Morgan fingerprint density at radius 3 is 2.85 bits per heavy atom. The van der Waals surface area contributed by atoms with Gasteiger partial charge in [0, 0.05) is 38.8 Å². The minimum absolute atomic E-state index is 0. The van der Waals surface area contributed by atoms with Crippen LogP contribution < -0.4 is 10.6 Å². The van der Waals surface area contributed by atoms with Gasteiger partial charge in [-0.05, 0) is 38.2 Å². The average Bonchev–Trinajstić information content (AvgIpc) is 3.16. The summed E-state index contributed by atoms with van der Waals surface area (Å²) in [6.45, 7) is 6.41. The minimum atomic E-state index is 0. The first-order chi connectivity index (χ1) is 12.3. The van der Waals surface area contributed by atoms with Gasteiger partial charge in [-0.25, -0.2) is 0 Å². The molecule has 1 aromatic carbocycles. The number of halogens is 1. The fourth-order valence-electron chi connectivity index (χ4n) is 2.87. The molecule has 0 spiro atoms. The molecule has 5 nitrogen and oxygen atoms in total. The Morgan fingerprint density at radius 1 is 1.35 bits per heavy atom. The summed E-state index contributed by atoms with van der Waals surface area (Å²) in [5, 5.41) is 6.82. The van der Waals surface area contributed by atoms with Crippen molar-refractivity contribution in [3.8, 4) is 0 Å². The minimum Gasteiger partial charge on any atom is -0.381 e. The van der Waals surface area contributed by atoms with Crippen LogP contribution in [0.25, 0.3) is 0 Å². The first kappa shape index (κ1) is 23.2. The summed E-state index contributed by atoms with van der Waals surface area (Å²) in [7, 11) is 1.82. The molecular formula is C20H34IN3O2. The quantitative estimate of drug-likeness (QED) is 0.236. The topological polar surface area (TPSA) is 54.9 Å². The van der Waals surface area contributed by atoms with E-state index < -0.39 is 0 Å². The number of hydrogen-bond acceptors (Lipinski definition) is 3. The Bertz CT molecular complexity index is 493. The van der Waals surface area contributed by atoms with E-state index >= 15 is 0 Å². The molecule has 0 radical (unpaired) electrons. The van der Waals surface area contributed by atoms with Crippen LogP contribution in [0.1, 0.15) is 31.7 Å². The Kier molecular flexibility index (Phi) is 12.7. The van der Waals surface area contributed by atoms with Crippen LogP contribution in [0.15, 0.2) is 35.3 Å². The summed E-state index contributed by atoms with van der Waals surface area (Å²) in [6.07, 6.45) is 4.27. The van der Waals surface area contributed by atoms with E-state index in [1.54, 1.807) is 0 Å². The average molecular weight is 475 g/mol. The summed E-state index contributed by atoms with van der Waals surface area (Å²) < 4.78 is 11.1. The van der Waals surface area contributed by atoms with Crippen LogP contribution in [0.5, 0.6) is 0 Å². The van der Waals surface area contributed by atoms with Gasteiger partial charge in [0.15, 0.2) is 5.96 Å². The number of benzene rings is 1. The van der Waals surface area contributed by atoms with Crippen LogP contribution >= 0.6 is 24.0 Å². The number of ether oxygens (including phenoxy) is 2. The zero-order valence-electron chi connectivity index (χ0n) is 16.1. The molecule has 2 atom stereocenters. The number of aryl methyl sites for hydroxylation is 1. The maximum atomic E-state index is 5.72. The van der Waals surface area contributed by atoms with Gasteiger partial charge in [0.1, 0.15) is 0 Å². The van der Waals surface area contributed by atoms with E-state index in [0.29, 0.717) is 12.0 Å². The lowest BCUT2D eigenvalue weighted by molar-refractivity contribution is 0.0888. The second-order valence-electron chi connectivity index (χ2n) is 6.73. The van der Waals surface area contributed by atoms with E-state index in [1.807, 2.05) is 7.05 Å². The molecule has 6 heteroatoms. The number of aliphatic imine (C=N–C) groups is 1. The van der Waals surface area contributed by atoms with Crippen LogP contribution in [-0.4, -0.2) is 52.0 Å². The molecule has 2 unspecified atom stereocenters. The summed E-state index contributed by atoms with van der Waals surface area (Å²) in [5.41, 5.74) is 1.38. The van der Waals surface area contributed by atoms with Gasteiger partial charge in [0.25, 0.3) is 0 Å². The molecule has 0 bridgehead atoms. The normalized spacial score (nSPS) is 18.2. The molecular weight excluding hydrogens is 441 g/mol.